The maximum absolute atomic E-state index is 13.1. The number of aliphatic hydroxyl groups is 1. The number of halogens is 1. The molecule has 0 bridgehead atoms. The molecule has 0 amide bonds. The van der Waals surface area contributed by atoms with Crippen LogP contribution in [0, 0.1) is 12.7 Å². The molecule has 0 radical (unpaired) electrons. The van der Waals surface area contributed by atoms with Gasteiger partial charge in [0.15, 0.2) is 0 Å². The zero-order valence-electron chi connectivity index (χ0n) is 8.55. The molecule has 2 nitrogen and oxygen atoms in total. The minimum Gasteiger partial charge on any atom is -0.395 e. The molecular weight excluding hydrogens is 181 g/mol. The van der Waals surface area contributed by atoms with Crippen molar-refractivity contribution in [2.45, 2.75) is 26.4 Å². The lowest BCUT2D eigenvalue weighted by molar-refractivity contribution is 0.251. The number of hydrogen-bond acceptors (Lipinski definition) is 2. The van der Waals surface area contributed by atoms with E-state index >= 15 is 0 Å². The zero-order chi connectivity index (χ0) is 10.6. The molecular formula is C11H16FNO. The summed E-state index contributed by atoms with van der Waals surface area (Å²) < 4.78 is 13.1. The number of benzene rings is 1. The van der Waals surface area contributed by atoms with E-state index in [0.29, 0.717) is 12.1 Å². The first-order chi connectivity index (χ1) is 6.63. The van der Waals surface area contributed by atoms with E-state index in [2.05, 4.69) is 5.32 Å². The van der Waals surface area contributed by atoms with Gasteiger partial charge in [-0.3, -0.25) is 0 Å². The number of hydrogen-bond donors (Lipinski definition) is 2. The highest BCUT2D eigenvalue weighted by Gasteiger charge is 2.01. The summed E-state index contributed by atoms with van der Waals surface area (Å²) in [6.07, 6.45) is 0. The summed E-state index contributed by atoms with van der Waals surface area (Å²) in [7, 11) is 0. The molecule has 0 heterocycles. The molecule has 3 heteroatoms. The molecule has 0 spiro atoms. The molecule has 0 aromatic heterocycles. The number of aliphatic hydroxyl groups excluding tert-OH is 1. The molecule has 2 N–H and O–H groups in total. The van der Waals surface area contributed by atoms with E-state index in [1.165, 1.54) is 6.07 Å². The van der Waals surface area contributed by atoms with E-state index in [9.17, 15) is 4.39 Å². The van der Waals surface area contributed by atoms with Gasteiger partial charge in [0, 0.05) is 12.6 Å². The van der Waals surface area contributed by atoms with Crippen LogP contribution in [0.1, 0.15) is 18.1 Å². The lowest BCUT2D eigenvalue weighted by Crippen LogP contribution is -2.28. The Kier molecular flexibility index (Phi) is 4.04. The number of rotatable bonds is 4. The van der Waals surface area contributed by atoms with Crippen LogP contribution < -0.4 is 5.32 Å². The van der Waals surface area contributed by atoms with Crippen LogP contribution in [0.5, 0.6) is 0 Å². The first kappa shape index (κ1) is 11.1. The van der Waals surface area contributed by atoms with Crippen LogP contribution in [-0.2, 0) is 6.54 Å². The van der Waals surface area contributed by atoms with Gasteiger partial charge in [-0.05, 0) is 31.0 Å². The Hall–Kier alpha value is -0.930. The third-order valence-corrected chi connectivity index (χ3v) is 2.16. The predicted octanol–water partition coefficient (Wildman–Crippen LogP) is 1.60. The van der Waals surface area contributed by atoms with Crippen molar-refractivity contribution < 1.29 is 9.50 Å². The molecule has 0 saturated heterocycles. The molecule has 0 fully saturated rings. The SMILES string of the molecule is Cc1ccc(CN[C@H](C)CO)cc1F. The van der Waals surface area contributed by atoms with Crippen molar-refractivity contribution in [1.82, 2.24) is 5.32 Å². The van der Waals surface area contributed by atoms with Gasteiger partial charge in [0.25, 0.3) is 0 Å². The maximum atomic E-state index is 13.1. The van der Waals surface area contributed by atoms with Crippen molar-refractivity contribution in [2.75, 3.05) is 6.61 Å². The van der Waals surface area contributed by atoms with Crippen molar-refractivity contribution in [3.8, 4) is 0 Å². The topological polar surface area (TPSA) is 32.3 Å². The van der Waals surface area contributed by atoms with Gasteiger partial charge in [0.05, 0.1) is 6.61 Å². The highest BCUT2D eigenvalue weighted by Crippen LogP contribution is 2.08. The van der Waals surface area contributed by atoms with Gasteiger partial charge in [-0.15, -0.1) is 0 Å². The van der Waals surface area contributed by atoms with E-state index in [1.54, 1.807) is 13.0 Å². The largest absolute Gasteiger partial charge is 0.395 e. The van der Waals surface area contributed by atoms with Crippen molar-refractivity contribution in [1.29, 1.82) is 0 Å². The van der Waals surface area contributed by atoms with E-state index in [0.717, 1.165) is 5.56 Å². The van der Waals surface area contributed by atoms with Crippen LogP contribution in [0.15, 0.2) is 18.2 Å². The van der Waals surface area contributed by atoms with Crippen LogP contribution in [0.4, 0.5) is 4.39 Å². The highest BCUT2D eigenvalue weighted by atomic mass is 19.1. The molecule has 14 heavy (non-hydrogen) atoms. The molecule has 0 unspecified atom stereocenters. The molecule has 0 saturated carbocycles. The Bertz CT molecular complexity index is 301. The van der Waals surface area contributed by atoms with Crippen LogP contribution in [-0.4, -0.2) is 17.8 Å². The quantitative estimate of drug-likeness (QED) is 0.768. The average molecular weight is 197 g/mol. The minimum atomic E-state index is -0.180. The molecule has 78 valence electrons. The first-order valence-corrected chi connectivity index (χ1v) is 4.72. The van der Waals surface area contributed by atoms with Gasteiger partial charge in [0.2, 0.25) is 0 Å². The fourth-order valence-electron chi connectivity index (χ4n) is 1.10. The third-order valence-electron chi connectivity index (χ3n) is 2.16. The summed E-state index contributed by atoms with van der Waals surface area (Å²) in [5.74, 6) is -0.180. The van der Waals surface area contributed by atoms with Crippen LogP contribution >= 0.6 is 0 Å². The molecule has 1 rings (SSSR count). The standard InChI is InChI=1S/C11H16FNO/c1-8-3-4-10(5-11(8)12)6-13-9(2)7-14/h3-5,9,13-14H,6-7H2,1-2H3/t9-/m1/s1. The molecule has 0 aliphatic rings. The molecule has 0 aliphatic heterocycles. The fraction of sp³-hybridized carbons (Fsp3) is 0.455. The second-order valence-corrected chi connectivity index (χ2v) is 3.55. The predicted molar refractivity (Wildman–Crippen MR) is 54.5 cm³/mol. The van der Waals surface area contributed by atoms with Crippen LogP contribution in [0.25, 0.3) is 0 Å². The van der Waals surface area contributed by atoms with Gasteiger partial charge >= 0.3 is 0 Å². The van der Waals surface area contributed by atoms with Crippen molar-refractivity contribution in [3.05, 3.63) is 35.1 Å². The summed E-state index contributed by atoms with van der Waals surface area (Å²) in [5.41, 5.74) is 1.55. The Morgan fingerprint density at radius 3 is 2.79 bits per heavy atom. The average Bonchev–Trinajstić information content (AvgIpc) is 2.19. The van der Waals surface area contributed by atoms with Gasteiger partial charge in [0.1, 0.15) is 5.82 Å². The van der Waals surface area contributed by atoms with Gasteiger partial charge < -0.3 is 10.4 Å². The Balaban J connectivity index is 2.55. The summed E-state index contributed by atoms with van der Waals surface area (Å²) in [4.78, 5) is 0. The normalized spacial score (nSPS) is 12.9. The number of nitrogens with one attached hydrogen (secondary N) is 1. The van der Waals surface area contributed by atoms with E-state index in [1.807, 2.05) is 13.0 Å². The second kappa shape index (κ2) is 5.08. The Morgan fingerprint density at radius 2 is 2.21 bits per heavy atom. The van der Waals surface area contributed by atoms with Gasteiger partial charge in [-0.1, -0.05) is 12.1 Å². The molecule has 1 aromatic rings. The van der Waals surface area contributed by atoms with E-state index in [-0.39, 0.29) is 18.5 Å². The van der Waals surface area contributed by atoms with E-state index in [4.69, 9.17) is 5.11 Å². The summed E-state index contributed by atoms with van der Waals surface area (Å²) in [5, 5.41) is 11.9. The molecule has 1 aromatic carbocycles. The number of aryl methyl sites for hydroxylation is 1. The zero-order valence-corrected chi connectivity index (χ0v) is 8.55. The highest BCUT2D eigenvalue weighted by molar-refractivity contribution is 5.23. The first-order valence-electron chi connectivity index (χ1n) is 4.72. The smallest absolute Gasteiger partial charge is 0.126 e. The van der Waals surface area contributed by atoms with E-state index < -0.39 is 0 Å². The minimum absolute atomic E-state index is 0.0411. The summed E-state index contributed by atoms with van der Waals surface area (Å²) in [6.45, 7) is 4.29. The summed E-state index contributed by atoms with van der Waals surface area (Å²) >= 11 is 0. The van der Waals surface area contributed by atoms with Gasteiger partial charge in [-0.25, -0.2) is 4.39 Å². The second-order valence-electron chi connectivity index (χ2n) is 3.55. The van der Waals surface area contributed by atoms with Crippen LogP contribution in [0.2, 0.25) is 0 Å². The Labute approximate surface area is 83.8 Å². The fourth-order valence-corrected chi connectivity index (χ4v) is 1.10. The lowest BCUT2D eigenvalue weighted by Gasteiger charge is -2.10. The van der Waals surface area contributed by atoms with Crippen LogP contribution in [0.3, 0.4) is 0 Å². The third kappa shape index (κ3) is 3.09. The molecule has 0 aliphatic carbocycles. The lowest BCUT2D eigenvalue weighted by atomic mass is 10.1. The Morgan fingerprint density at radius 1 is 1.50 bits per heavy atom. The monoisotopic (exact) mass is 197 g/mol. The summed E-state index contributed by atoms with van der Waals surface area (Å²) in [6, 6.07) is 5.21. The van der Waals surface area contributed by atoms with Crippen molar-refractivity contribution in [2.24, 2.45) is 0 Å². The van der Waals surface area contributed by atoms with Crippen molar-refractivity contribution >= 4 is 0 Å². The molecule has 1 atom stereocenters. The van der Waals surface area contributed by atoms with Gasteiger partial charge in [-0.2, -0.15) is 0 Å². The maximum Gasteiger partial charge on any atom is 0.126 e. The van der Waals surface area contributed by atoms with Crippen molar-refractivity contribution in [3.63, 3.8) is 0 Å².